The topological polar surface area (TPSA) is 87.6 Å². The molecule has 0 amide bonds. The highest BCUT2D eigenvalue weighted by atomic mass is 16.6. The minimum Gasteiger partial charge on any atom is -0.396 e. The van der Waals surface area contributed by atoms with Crippen molar-refractivity contribution in [3.8, 4) is 0 Å². The van der Waals surface area contributed by atoms with Gasteiger partial charge in [-0.3, -0.25) is 0 Å². The van der Waals surface area contributed by atoms with Crippen LogP contribution in [0.3, 0.4) is 0 Å². The minimum absolute atomic E-state index is 0.423. The Morgan fingerprint density at radius 3 is 2.70 bits per heavy atom. The van der Waals surface area contributed by atoms with Crippen LogP contribution in [0, 0.1) is 0 Å². The van der Waals surface area contributed by atoms with E-state index in [4.69, 9.17) is 20.3 Å². The quantitative estimate of drug-likeness (QED) is 0.258. The molecule has 30 heavy (non-hydrogen) atoms. The lowest BCUT2D eigenvalue weighted by Crippen LogP contribution is -2.08. The van der Waals surface area contributed by atoms with Gasteiger partial charge in [0.15, 0.2) is 5.82 Å². The Kier molecular flexibility index (Phi) is 6.20. The molecule has 0 saturated carbocycles. The molecular formula is C23H25N5O2. The van der Waals surface area contributed by atoms with Gasteiger partial charge in [-0.15, -0.1) is 0 Å². The number of nitrogens with zero attached hydrogens (tertiary/aromatic N) is 4. The number of anilines is 1. The molecule has 2 heterocycles. The van der Waals surface area contributed by atoms with Crippen LogP contribution >= 0.6 is 0 Å². The predicted octanol–water partition coefficient (Wildman–Crippen LogP) is 4.14. The summed E-state index contributed by atoms with van der Waals surface area (Å²) in [5, 5.41) is 5.08. The van der Waals surface area contributed by atoms with Crippen LogP contribution in [-0.2, 0) is 22.7 Å². The zero-order valence-electron chi connectivity index (χ0n) is 17.0. The average Bonchev–Trinajstić information content (AvgIpc) is 3.15. The molecule has 0 saturated heterocycles. The van der Waals surface area contributed by atoms with Crippen molar-refractivity contribution in [2.45, 2.75) is 26.5 Å². The molecule has 0 spiro atoms. The molecule has 0 unspecified atom stereocenters. The molecule has 0 aliphatic carbocycles. The van der Waals surface area contributed by atoms with Gasteiger partial charge in [-0.25, -0.2) is 9.97 Å². The SMILES string of the molecule is CCOCc1nc2c(N)nc3ccccc3c2n1CCCO/N=C/c1ccccc1. The lowest BCUT2D eigenvalue weighted by molar-refractivity contribution is 0.122. The normalized spacial score (nSPS) is 11.6. The number of para-hydroxylation sites is 1. The smallest absolute Gasteiger partial charge is 0.152 e. The van der Waals surface area contributed by atoms with Crippen molar-refractivity contribution in [3.05, 3.63) is 66.0 Å². The summed E-state index contributed by atoms with van der Waals surface area (Å²) in [5.74, 6) is 1.27. The Labute approximate surface area is 175 Å². The molecule has 0 bridgehead atoms. The standard InChI is InChI=1S/C23H25N5O2/c1-2-29-16-20-27-21-22(18-11-6-7-12-19(18)26-23(21)24)28(20)13-8-14-30-25-15-17-9-4-3-5-10-17/h3-7,9-12,15H,2,8,13-14,16H2,1H3,(H2,24,26)/b25-15+. The Morgan fingerprint density at radius 2 is 1.87 bits per heavy atom. The summed E-state index contributed by atoms with van der Waals surface area (Å²) in [7, 11) is 0. The predicted molar refractivity (Wildman–Crippen MR) is 119 cm³/mol. The third-order valence-corrected chi connectivity index (χ3v) is 4.82. The number of oxime groups is 1. The Bertz CT molecular complexity index is 1150. The van der Waals surface area contributed by atoms with Crippen molar-refractivity contribution in [3.63, 3.8) is 0 Å². The first-order valence-electron chi connectivity index (χ1n) is 10.1. The number of hydrogen-bond donors (Lipinski definition) is 1. The number of ether oxygens (including phenoxy) is 1. The van der Waals surface area contributed by atoms with E-state index >= 15 is 0 Å². The largest absolute Gasteiger partial charge is 0.396 e. The van der Waals surface area contributed by atoms with Crippen LogP contribution in [0.4, 0.5) is 5.82 Å². The maximum atomic E-state index is 6.21. The second-order valence-corrected chi connectivity index (χ2v) is 6.86. The molecule has 0 radical (unpaired) electrons. The van der Waals surface area contributed by atoms with Gasteiger partial charge in [0.2, 0.25) is 0 Å². The number of benzene rings is 2. The van der Waals surface area contributed by atoms with Crippen LogP contribution in [0.1, 0.15) is 24.7 Å². The van der Waals surface area contributed by atoms with Crippen molar-refractivity contribution >= 4 is 34.0 Å². The minimum atomic E-state index is 0.423. The van der Waals surface area contributed by atoms with Crippen LogP contribution < -0.4 is 5.73 Å². The molecule has 7 nitrogen and oxygen atoms in total. The number of nitrogens with two attached hydrogens (primary N) is 1. The van der Waals surface area contributed by atoms with E-state index in [0.717, 1.165) is 34.2 Å². The molecule has 4 rings (SSSR count). The third kappa shape index (κ3) is 4.26. The summed E-state index contributed by atoms with van der Waals surface area (Å²) < 4.78 is 7.80. The fraction of sp³-hybridized carbons (Fsp3) is 0.261. The van der Waals surface area contributed by atoms with Gasteiger partial charge in [-0.05, 0) is 18.6 Å². The summed E-state index contributed by atoms with van der Waals surface area (Å²) in [6.07, 6.45) is 2.49. The van der Waals surface area contributed by atoms with Crippen molar-refractivity contribution in [2.24, 2.45) is 5.16 Å². The molecule has 0 aliphatic rings. The fourth-order valence-corrected chi connectivity index (χ4v) is 3.43. The number of hydrogen-bond acceptors (Lipinski definition) is 6. The molecule has 0 aliphatic heterocycles. The summed E-state index contributed by atoms with van der Waals surface area (Å²) in [5.41, 5.74) is 9.78. The van der Waals surface area contributed by atoms with Gasteiger partial charge in [0.05, 0.1) is 17.2 Å². The van der Waals surface area contributed by atoms with E-state index in [1.54, 1.807) is 6.21 Å². The van der Waals surface area contributed by atoms with Crippen molar-refractivity contribution in [1.29, 1.82) is 0 Å². The highest BCUT2D eigenvalue weighted by Gasteiger charge is 2.17. The van der Waals surface area contributed by atoms with Gasteiger partial charge in [-0.2, -0.15) is 0 Å². The van der Waals surface area contributed by atoms with Gasteiger partial charge in [-0.1, -0.05) is 53.7 Å². The summed E-state index contributed by atoms with van der Waals surface area (Å²) >= 11 is 0. The molecule has 0 fully saturated rings. The molecule has 2 N–H and O–H groups in total. The van der Waals surface area contributed by atoms with E-state index in [1.807, 2.05) is 61.5 Å². The average molecular weight is 403 g/mol. The summed E-state index contributed by atoms with van der Waals surface area (Å²) in [4.78, 5) is 14.7. The van der Waals surface area contributed by atoms with Crippen LogP contribution in [0.5, 0.6) is 0 Å². The second kappa shape index (κ2) is 9.37. The number of imidazole rings is 1. The monoisotopic (exact) mass is 403 g/mol. The van der Waals surface area contributed by atoms with E-state index in [1.165, 1.54) is 0 Å². The Hall–Kier alpha value is -3.45. The van der Waals surface area contributed by atoms with Gasteiger partial charge in [0.1, 0.15) is 24.6 Å². The number of pyridine rings is 1. The molecular weight excluding hydrogens is 378 g/mol. The highest BCUT2D eigenvalue weighted by molar-refractivity contribution is 6.06. The number of rotatable bonds is 9. The van der Waals surface area contributed by atoms with E-state index < -0.39 is 0 Å². The second-order valence-electron chi connectivity index (χ2n) is 6.86. The molecule has 7 heteroatoms. The fourth-order valence-electron chi connectivity index (χ4n) is 3.43. The van der Waals surface area contributed by atoms with Gasteiger partial charge < -0.3 is 19.9 Å². The van der Waals surface area contributed by atoms with Gasteiger partial charge in [0.25, 0.3) is 0 Å². The van der Waals surface area contributed by atoms with Gasteiger partial charge >= 0.3 is 0 Å². The zero-order chi connectivity index (χ0) is 20.8. The lowest BCUT2D eigenvalue weighted by atomic mass is 10.2. The summed E-state index contributed by atoms with van der Waals surface area (Å²) in [6, 6.07) is 17.8. The number of nitrogen functional groups attached to an aromatic ring is 1. The molecule has 2 aromatic heterocycles. The van der Waals surface area contributed by atoms with Crippen molar-refractivity contribution in [1.82, 2.24) is 14.5 Å². The van der Waals surface area contributed by atoms with E-state index in [0.29, 0.717) is 37.7 Å². The Morgan fingerprint density at radius 1 is 1.07 bits per heavy atom. The van der Waals surface area contributed by atoms with E-state index in [9.17, 15) is 0 Å². The van der Waals surface area contributed by atoms with Crippen molar-refractivity contribution < 1.29 is 9.57 Å². The van der Waals surface area contributed by atoms with Crippen LogP contribution in [0.25, 0.3) is 21.9 Å². The first-order valence-corrected chi connectivity index (χ1v) is 10.1. The zero-order valence-corrected chi connectivity index (χ0v) is 17.0. The van der Waals surface area contributed by atoms with E-state index in [-0.39, 0.29) is 0 Å². The molecule has 4 aromatic rings. The van der Waals surface area contributed by atoms with E-state index in [2.05, 4.69) is 14.7 Å². The number of aromatic nitrogens is 3. The van der Waals surface area contributed by atoms with Crippen molar-refractivity contribution in [2.75, 3.05) is 18.9 Å². The maximum Gasteiger partial charge on any atom is 0.152 e. The first kappa shape index (κ1) is 19.8. The van der Waals surface area contributed by atoms with Gasteiger partial charge in [0, 0.05) is 25.0 Å². The lowest BCUT2D eigenvalue weighted by Gasteiger charge is -2.10. The molecule has 0 atom stereocenters. The third-order valence-electron chi connectivity index (χ3n) is 4.82. The van der Waals surface area contributed by atoms with Crippen LogP contribution in [0.15, 0.2) is 59.8 Å². The summed E-state index contributed by atoms with van der Waals surface area (Å²) in [6.45, 7) is 4.22. The maximum absolute atomic E-state index is 6.21. The highest BCUT2D eigenvalue weighted by Crippen LogP contribution is 2.29. The Balaban J connectivity index is 1.54. The van der Waals surface area contributed by atoms with Crippen LogP contribution in [0.2, 0.25) is 0 Å². The molecule has 2 aromatic carbocycles. The number of fused-ring (bicyclic) bond motifs is 3. The molecule has 154 valence electrons. The first-order chi connectivity index (χ1) is 14.8. The van der Waals surface area contributed by atoms with Crippen LogP contribution in [-0.4, -0.2) is 34.0 Å². The number of aryl methyl sites for hydroxylation is 1.